The molecule has 0 fully saturated rings. The number of imidazole rings is 2. The summed E-state index contributed by atoms with van der Waals surface area (Å²) in [6, 6.07) is 35.8. The summed E-state index contributed by atoms with van der Waals surface area (Å²) in [6.07, 6.45) is 3.46. The lowest BCUT2D eigenvalue weighted by Crippen LogP contribution is -2.11. The first-order valence-corrected chi connectivity index (χ1v) is 15.8. The molecule has 10 aromatic rings. The molecule has 0 atom stereocenters. The largest absolute Gasteiger partial charge is 0.457 e. The van der Waals surface area contributed by atoms with Crippen LogP contribution in [0.25, 0.3) is 76.8 Å². The van der Waals surface area contributed by atoms with E-state index >= 15 is 0 Å². The summed E-state index contributed by atoms with van der Waals surface area (Å²) in [5.74, 6) is 1.47. The number of nitrogens with zero attached hydrogens (tertiary/aromatic N) is 6. The molecule has 0 unspecified atom stereocenters. The van der Waals surface area contributed by atoms with Crippen LogP contribution in [0, 0.1) is 0 Å². The van der Waals surface area contributed by atoms with E-state index in [1.807, 2.05) is 36.5 Å². The van der Waals surface area contributed by atoms with Crippen LogP contribution < -0.4 is 4.74 Å². The van der Waals surface area contributed by atoms with Gasteiger partial charge in [-0.25, -0.2) is 19.9 Å². The number of rotatable bonds is 2. The van der Waals surface area contributed by atoms with Gasteiger partial charge in [-0.15, -0.1) is 0 Å². The molecule has 0 aliphatic heterocycles. The van der Waals surface area contributed by atoms with Crippen LogP contribution in [-0.4, -0.2) is 28.7 Å². The third-order valence-corrected chi connectivity index (χ3v) is 9.41. The van der Waals surface area contributed by atoms with E-state index in [0.717, 1.165) is 83.0 Å². The Labute approximate surface area is 268 Å². The molecule has 0 aliphatic rings. The summed E-state index contributed by atoms with van der Waals surface area (Å²) in [6.45, 7) is 6.76. The van der Waals surface area contributed by atoms with Gasteiger partial charge in [-0.05, 0) is 88.5 Å². The van der Waals surface area contributed by atoms with Crippen molar-refractivity contribution in [3.8, 4) is 11.5 Å². The maximum absolute atomic E-state index is 6.62. The van der Waals surface area contributed by atoms with Crippen molar-refractivity contribution in [1.82, 2.24) is 28.7 Å². The summed E-state index contributed by atoms with van der Waals surface area (Å²) in [7, 11) is 0. The van der Waals surface area contributed by atoms with Crippen LogP contribution in [0.4, 0.5) is 0 Å². The lowest BCUT2D eigenvalue weighted by molar-refractivity contribution is 0.484. The molecule has 7 nitrogen and oxygen atoms in total. The smallest absolute Gasteiger partial charge is 0.150 e. The first-order valence-electron chi connectivity index (χ1n) is 15.8. The number of pyridine rings is 2. The van der Waals surface area contributed by atoms with Crippen LogP contribution in [-0.2, 0) is 5.41 Å². The fourth-order valence-corrected chi connectivity index (χ4v) is 7.12. The molecule has 5 aromatic heterocycles. The van der Waals surface area contributed by atoms with E-state index in [-0.39, 0.29) is 5.41 Å². The summed E-state index contributed by atoms with van der Waals surface area (Å²) < 4.78 is 11.0. The molecule has 7 heteroatoms. The Bertz CT molecular complexity index is 2930. The fraction of sp³-hybridized carbons (Fsp3) is 0.100. The van der Waals surface area contributed by atoms with Crippen molar-refractivity contribution in [3.63, 3.8) is 0 Å². The highest BCUT2D eigenvalue weighted by atomic mass is 16.5. The first kappa shape index (κ1) is 26.2. The van der Waals surface area contributed by atoms with Gasteiger partial charge in [0.15, 0.2) is 0 Å². The maximum Gasteiger partial charge on any atom is 0.150 e. The molecule has 0 spiro atoms. The molecule has 10 rings (SSSR count). The van der Waals surface area contributed by atoms with Gasteiger partial charge in [0.05, 0.1) is 27.6 Å². The van der Waals surface area contributed by atoms with Gasteiger partial charge < -0.3 is 4.74 Å². The van der Waals surface area contributed by atoms with Gasteiger partial charge in [-0.3, -0.25) is 8.80 Å². The second-order valence-corrected chi connectivity index (χ2v) is 13.3. The van der Waals surface area contributed by atoms with E-state index in [9.17, 15) is 0 Å². The molecule has 0 amide bonds. The van der Waals surface area contributed by atoms with Crippen LogP contribution in [0.1, 0.15) is 26.3 Å². The predicted octanol–water partition coefficient (Wildman–Crippen LogP) is 9.78. The molecule has 0 saturated heterocycles. The minimum Gasteiger partial charge on any atom is -0.457 e. The van der Waals surface area contributed by atoms with Gasteiger partial charge in [0.2, 0.25) is 0 Å². The van der Waals surface area contributed by atoms with Gasteiger partial charge >= 0.3 is 0 Å². The predicted molar refractivity (Wildman–Crippen MR) is 190 cm³/mol. The second-order valence-electron chi connectivity index (χ2n) is 13.3. The molecule has 5 heterocycles. The van der Waals surface area contributed by atoms with E-state index in [1.165, 1.54) is 10.9 Å². The van der Waals surface area contributed by atoms with E-state index in [1.54, 1.807) is 6.33 Å². The Morgan fingerprint density at radius 2 is 1.13 bits per heavy atom. The molecule has 5 aromatic carbocycles. The molecule has 0 radical (unpaired) electrons. The lowest BCUT2D eigenvalue weighted by Gasteiger charge is -2.20. The molecule has 0 N–H and O–H groups in total. The molecule has 0 bridgehead atoms. The van der Waals surface area contributed by atoms with Gasteiger partial charge in [0.1, 0.15) is 34.8 Å². The highest BCUT2D eigenvalue weighted by molar-refractivity contribution is 6.15. The monoisotopic (exact) mass is 608 g/mol. The van der Waals surface area contributed by atoms with E-state index in [4.69, 9.17) is 14.7 Å². The quantitative estimate of drug-likeness (QED) is 0.183. The Balaban J connectivity index is 1.19. The number of para-hydroxylation sites is 4. The Hall–Kier alpha value is -6.08. The lowest BCUT2D eigenvalue weighted by atomic mass is 9.86. The number of ether oxygens (including phenoxy) is 1. The molecule has 0 aliphatic carbocycles. The second kappa shape index (κ2) is 9.23. The van der Waals surface area contributed by atoms with E-state index in [0.29, 0.717) is 0 Å². The van der Waals surface area contributed by atoms with Gasteiger partial charge in [-0.1, -0.05) is 57.2 Å². The zero-order valence-electron chi connectivity index (χ0n) is 26.1. The Morgan fingerprint density at radius 1 is 0.532 bits per heavy atom. The number of aromatic nitrogens is 6. The third kappa shape index (κ3) is 3.74. The fourth-order valence-electron chi connectivity index (χ4n) is 7.12. The van der Waals surface area contributed by atoms with Crippen LogP contribution >= 0.6 is 0 Å². The Morgan fingerprint density at radius 3 is 1.81 bits per heavy atom. The molecule has 0 saturated carbocycles. The van der Waals surface area contributed by atoms with Crippen molar-refractivity contribution in [3.05, 3.63) is 121 Å². The van der Waals surface area contributed by atoms with Crippen molar-refractivity contribution in [2.75, 3.05) is 0 Å². The maximum atomic E-state index is 6.62. The summed E-state index contributed by atoms with van der Waals surface area (Å²) >= 11 is 0. The number of benzene rings is 5. The SMILES string of the molecule is CC(C)(C)c1ccc2c3ccc(Oc4ccc5c6cncnc6n6c7ccccc7nc6c5c4)cc3c3nc4ccccc4n3c2c1. The van der Waals surface area contributed by atoms with Crippen molar-refractivity contribution in [2.45, 2.75) is 26.2 Å². The van der Waals surface area contributed by atoms with Crippen molar-refractivity contribution >= 4 is 76.8 Å². The van der Waals surface area contributed by atoms with Crippen LogP contribution in [0.3, 0.4) is 0 Å². The number of hydrogen-bond donors (Lipinski definition) is 0. The topological polar surface area (TPSA) is 69.6 Å². The average molecular weight is 609 g/mol. The van der Waals surface area contributed by atoms with Crippen LogP contribution in [0.5, 0.6) is 11.5 Å². The van der Waals surface area contributed by atoms with Gasteiger partial charge in [0, 0.05) is 27.7 Å². The highest BCUT2D eigenvalue weighted by Gasteiger charge is 2.20. The Kier molecular flexibility index (Phi) is 5.14. The zero-order valence-corrected chi connectivity index (χ0v) is 26.1. The van der Waals surface area contributed by atoms with Gasteiger partial charge in [-0.2, -0.15) is 0 Å². The van der Waals surface area contributed by atoms with E-state index < -0.39 is 0 Å². The summed E-state index contributed by atoms with van der Waals surface area (Å²) in [4.78, 5) is 19.2. The normalized spacial score (nSPS) is 12.6. The van der Waals surface area contributed by atoms with Crippen molar-refractivity contribution < 1.29 is 4.74 Å². The van der Waals surface area contributed by atoms with Crippen LogP contribution in [0.2, 0.25) is 0 Å². The minimum atomic E-state index is 0.0252. The summed E-state index contributed by atoms with van der Waals surface area (Å²) in [5, 5.41) is 6.34. The highest BCUT2D eigenvalue weighted by Crippen LogP contribution is 2.38. The van der Waals surface area contributed by atoms with E-state index in [2.05, 4.69) is 112 Å². The number of fused-ring (bicyclic) bond motifs is 16. The molecular weight excluding hydrogens is 580 g/mol. The first-order chi connectivity index (χ1) is 22.9. The minimum absolute atomic E-state index is 0.0252. The van der Waals surface area contributed by atoms with Crippen molar-refractivity contribution in [2.24, 2.45) is 0 Å². The standard InChI is InChI=1S/C40H28N6O/c1-40(2,3)23-12-15-28-26-16-13-24(19-29(26)38-43-32-8-4-6-10-34(32)45(38)36(28)18-23)47-25-14-17-27-30(20-25)39-44-33-9-5-7-11-35(33)46(39)37-31(27)21-41-22-42-37/h4-22H,1-3H3. The van der Waals surface area contributed by atoms with Crippen molar-refractivity contribution in [1.29, 1.82) is 0 Å². The van der Waals surface area contributed by atoms with Gasteiger partial charge in [0.25, 0.3) is 0 Å². The third-order valence-electron chi connectivity index (χ3n) is 9.41. The molecular formula is C40H28N6O. The summed E-state index contributed by atoms with van der Waals surface area (Å²) in [5.41, 5.74) is 9.04. The number of hydrogen-bond acceptors (Lipinski definition) is 5. The average Bonchev–Trinajstić information content (AvgIpc) is 3.68. The molecule has 47 heavy (non-hydrogen) atoms. The van der Waals surface area contributed by atoms with Crippen LogP contribution in [0.15, 0.2) is 116 Å². The zero-order chi connectivity index (χ0) is 31.4. The molecule has 224 valence electrons.